The third-order valence-corrected chi connectivity index (χ3v) is 6.09. The summed E-state index contributed by atoms with van der Waals surface area (Å²) in [5, 5.41) is 10.7. The molecule has 0 aromatic heterocycles. The van der Waals surface area contributed by atoms with Crippen LogP contribution in [0, 0.1) is 0 Å². The first kappa shape index (κ1) is 24.5. The van der Waals surface area contributed by atoms with Gasteiger partial charge in [-0.15, -0.1) is 0 Å². The number of aliphatic hydroxyl groups is 1. The highest BCUT2D eigenvalue weighted by molar-refractivity contribution is 5.96. The van der Waals surface area contributed by atoms with Crippen LogP contribution < -0.4 is 14.2 Å². The zero-order valence-corrected chi connectivity index (χ0v) is 19.9. The average molecular weight is 455 g/mol. The predicted octanol–water partition coefficient (Wildman–Crippen LogP) is 4.24. The lowest BCUT2D eigenvalue weighted by Crippen LogP contribution is -2.37. The molecule has 1 aliphatic rings. The molecule has 2 aromatic carbocycles. The van der Waals surface area contributed by atoms with Gasteiger partial charge in [0.05, 0.1) is 27.9 Å². The van der Waals surface area contributed by atoms with Gasteiger partial charge in [0.2, 0.25) is 5.75 Å². The van der Waals surface area contributed by atoms with E-state index in [0.29, 0.717) is 35.4 Å². The summed E-state index contributed by atoms with van der Waals surface area (Å²) in [6.45, 7) is 1.71. The number of hydrogen-bond acceptors (Lipinski definition) is 6. The molecule has 1 aliphatic heterocycles. The van der Waals surface area contributed by atoms with E-state index in [9.17, 15) is 9.90 Å². The maximum atomic E-state index is 13.6. The van der Waals surface area contributed by atoms with Gasteiger partial charge in [0, 0.05) is 18.2 Å². The van der Waals surface area contributed by atoms with Crippen molar-refractivity contribution in [2.45, 2.75) is 25.3 Å². The number of nitrogens with zero attached hydrogens (tertiary/aromatic N) is 2. The Hall–Kier alpha value is -3.19. The molecule has 1 unspecified atom stereocenters. The van der Waals surface area contributed by atoms with Gasteiger partial charge in [0.1, 0.15) is 5.76 Å². The van der Waals surface area contributed by atoms with E-state index < -0.39 is 0 Å². The van der Waals surface area contributed by atoms with Crippen molar-refractivity contribution in [3.05, 3.63) is 59.4 Å². The molecule has 0 spiro atoms. The van der Waals surface area contributed by atoms with E-state index in [4.69, 9.17) is 14.2 Å². The molecule has 7 nitrogen and oxygen atoms in total. The van der Waals surface area contributed by atoms with Crippen molar-refractivity contribution in [1.82, 2.24) is 9.80 Å². The highest BCUT2D eigenvalue weighted by Crippen LogP contribution is 2.38. The van der Waals surface area contributed by atoms with Crippen molar-refractivity contribution in [3.63, 3.8) is 0 Å². The maximum Gasteiger partial charge on any atom is 0.254 e. The Morgan fingerprint density at radius 1 is 1.12 bits per heavy atom. The first-order valence-electron chi connectivity index (χ1n) is 11.2. The van der Waals surface area contributed by atoms with Crippen molar-refractivity contribution >= 4 is 12.0 Å². The number of rotatable bonds is 10. The minimum absolute atomic E-state index is 0.112. The molecule has 1 amide bonds. The van der Waals surface area contributed by atoms with Gasteiger partial charge < -0.3 is 29.1 Å². The Labute approximate surface area is 196 Å². The smallest absolute Gasteiger partial charge is 0.254 e. The van der Waals surface area contributed by atoms with E-state index >= 15 is 0 Å². The summed E-state index contributed by atoms with van der Waals surface area (Å²) in [4.78, 5) is 17.6. The standard InChI is InChI=1S/C26H34N2O5/c1-27-13-8-11-21(27)12-14-28(18-22(29)15-19-9-6-5-7-10-19)26(30)20-16-23(31-2)25(33-4)24(17-20)32-3/h5-7,9-10,15-17,21,29H,8,11-14,18H2,1-4H3/b22-15-. The van der Waals surface area contributed by atoms with Crippen LogP contribution >= 0.6 is 0 Å². The number of ether oxygens (including phenoxy) is 3. The van der Waals surface area contributed by atoms with Crippen molar-refractivity contribution in [3.8, 4) is 17.2 Å². The minimum Gasteiger partial charge on any atom is -0.510 e. The number of benzene rings is 2. The van der Waals surface area contributed by atoms with Gasteiger partial charge >= 0.3 is 0 Å². The van der Waals surface area contributed by atoms with Crippen LogP contribution in [0.4, 0.5) is 0 Å². The normalized spacial score (nSPS) is 16.5. The summed E-state index contributed by atoms with van der Waals surface area (Å²) in [6.07, 6.45) is 4.82. The van der Waals surface area contributed by atoms with Crippen LogP contribution in [0.15, 0.2) is 48.2 Å². The molecule has 1 heterocycles. The lowest BCUT2D eigenvalue weighted by atomic mass is 10.1. The van der Waals surface area contributed by atoms with E-state index in [0.717, 1.165) is 24.9 Å². The van der Waals surface area contributed by atoms with Crippen molar-refractivity contribution in [2.24, 2.45) is 0 Å². The van der Waals surface area contributed by atoms with E-state index in [-0.39, 0.29) is 18.2 Å². The molecule has 0 aliphatic carbocycles. The number of carbonyl (C=O) groups is 1. The predicted molar refractivity (Wildman–Crippen MR) is 129 cm³/mol. The van der Waals surface area contributed by atoms with E-state index in [1.165, 1.54) is 27.8 Å². The largest absolute Gasteiger partial charge is 0.510 e. The van der Waals surface area contributed by atoms with Gasteiger partial charge in [-0.25, -0.2) is 0 Å². The zero-order valence-electron chi connectivity index (χ0n) is 19.9. The lowest BCUT2D eigenvalue weighted by Gasteiger charge is -2.27. The fourth-order valence-corrected chi connectivity index (χ4v) is 4.27. The minimum atomic E-state index is -0.206. The molecule has 1 atom stereocenters. The van der Waals surface area contributed by atoms with Gasteiger partial charge in [-0.05, 0) is 56.6 Å². The molecular formula is C26H34N2O5. The van der Waals surface area contributed by atoms with E-state index in [1.807, 2.05) is 30.3 Å². The number of likely N-dealkylation sites (tertiary alicyclic amines) is 1. The first-order valence-corrected chi connectivity index (χ1v) is 11.2. The number of carbonyl (C=O) groups excluding carboxylic acids is 1. The average Bonchev–Trinajstić information content (AvgIpc) is 3.25. The fraction of sp³-hybridized carbons (Fsp3) is 0.423. The summed E-state index contributed by atoms with van der Waals surface area (Å²) in [5.41, 5.74) is 1.29. The van der Waals surface area contributed by atoms with Crippen molar-refractivity contribution < 1.29 is 24.1 Å². The quantitative estimate of drug-likeness (QED) is 0.542. The summed E-state index contributed by atoms with van der Waals surface area (Å²) in [6, 6.07) is 13.3. The summed E-state index contributed by atoms with van der Waals surface area (Å²) in [7, 11) is 6.69. The second-order valence-electron chi connectivity index (χ2n) is 8.25. The van der Waals surface area contributed by atoms with Gasteiger partial charge in [-0.1, -0.05) is 30.3 Å². The van der Waals surface area contributed by atoms with Gasteiger partial charge in [0.15, 0.2) is 11.5 Å². The topological polar surface area (TPSA) is 71.5 Å². The number of hydrogen-bond donors (Lipinski definition) is 1. The molecule has 3 rings (SSSR count). The Bertz CT molecular complexity index is 935. The van der Waals surface area contributed by atoms with Crippen LogP contribution in [-0.2, 0) is 0 Å². The Morgan fingerprint density at radius 3 is 2.33 bits per heavy atom. The van der Waals surface area contributed by atoms with Gasteiger partial charge in [0.25, 0.3) is 5.91 Å². The van der Waals surface area contributed by atoms with Gasteiger partial charge in [-0.3, -0.25) is 4.79 Å². The molecule has 1 N–H and O–H groups in total. The third kappa shape index (κ3) is 6.20. The SMILES string of the molecule is COc1cc(C(=O)N(CCC2CCCN2C)C/C(O)=C/c2ccccc2)cc(OC)c1OC. The summed E-state index contributed by atoms with van der Waals surface area (Å²) in [5.74, 6) is 1.19. The molecule has 178 valence electrons. The molecule has 0 saturated carbocycles. The molecule has 0 bridgehead atoms. The van der Waals surface area contributed by atoms with Crippen LogP contribution in [0.3, 0.4) is 0 Å². The molecule has 1 fully saturated rings. The third-order valence-electron chi connectivity index (χ3n) is 6.09. The summed E-state index contributed by atoms with van der Waals surface area (Å²) >= 11 is 0. The van der Waals surface area contributed by atoms with Crippen molar-refractivity contribution in [2.75, 3.05) is 48.0 Å². The van der Waals surface area contributed by atoms with Crippen molar-refractivity contribution in [1.29, 1.82) is 0 Å². The summed E-state index contributed by atoms with van der Waals surface area (Å²) < 4.78 is 16.2. The van der Waals surface area contributed by atoms with Crippen LogP contribution in [0.2, 0.25) is 0 Å². The van der Waals surface area contributed by atoms with Crippen LogP contribution in [-0.4, -0.2) is 74.9 Å². The van der Waals surface area contributed by atoms with E-state index in [2.05, 4.69) is 11.9 Å². The fourth-order valence-electron chi connectivity index (χ4n) is 4.27. The van der Waals surface area contributed by atoms with Gasteiger partial charge in [-0.2, -0.15) is 0 Å². The van der Waals surface area contributed by atoms with Crippen LogP contribution in [0.5, 0.6) is 17.2 Å². The first-order chi connectivity index (χ1) is 16.0. The Balaban J connectivity index is 1.87. The Kier molecular flexibility index (Phi) is 8.60. The highest BCUT2D eigenvalue weighted by Gasteiger charge is 2.25. The second-order valence-corrected chi connectivity index (χ2v) is 8.25. The monoisotopic (exact) mass is 454 g/mol. The lowest BCUT2D eigenvalue weighted by molar-refractivity contribution is 0.0739. The van der Waals surface area contributed by atoms with E-state index in [1.54, 1.807) is 23.1 Å². The number of amides is 1. The molecule has 2 aromatic rings. The molecule has 33 heavy (non-hydrogen) atoms. The molecular weight excluding hydrogens is 420 g/mol. The maximum absolute atomic E-state index is 13.6. The molecule has 7 heteroatoms. The highest BCUT2D eigenvalue weighted by atomic mass is 16.5. The van der Waals surface area contributed by atoms with Crippen LogP contribution in [0.1, 0.15) is 35.2 Å². The molecule has 0 radical (unpaired) electrons. The Morgan fingerprint density at radius 2 is 1.79 bits per heavy atom. The number of aliphatic hydroxyl groups excluding tert-OH is 1. The zero-order chi connectivity index (χ0) is 23.8. The van der Waals surface area contributed by atoms with Crippen LogP contribution in [0.25, 0.3) is 6.08 Å². The number of methoxy groups -OCH3 is 3. The second kappa shape index (κ2) is 11.6. The molecule has 1 saturated heterocycles.